The van der Waals surface area contributed by atoms with Crippen molar-refractivity contribution in [2.24, 2.45) is 9.98 Å². The second-order valence-corrected chi connectivity index (χ2v) is 4.64. The van der Waals surface area contributed by atoms with Crippen LogP contribution in [0.2, 0.25) is 0 Å². The number of aliphatic imine (C=N–C) groups is 2. The van der Waals surface area contributed by atoms with Crippen molar-refractivity contribution in [1.82, 2.24) is 0 Å². The van der Waals surface area contributed by atoms with Crippen LogP contribution in [0.3, 0.4) is 0 Å². The third kappa shape index (κ3) is 4.43. The van der Waals surface area contributed by atoms with E-state index in [0.717, 1.165) is 12.4 Å². The fourth-order valence-corrected chi connectivity index (χ4v) is 1.78. The van der Waals surface area contributed by atoms with E-state index in [-0.39, 0.29) is 13.1 Å². The SMILES string of the molecule is Fc1cc(F)c(C=NCCN=Cc2c(F)cc(F)cc2F)c(F)c1. The molecule has 0 saturated heterocycles. The van der Waals surface area contributed by atoms with E-state index in [1.165, 1.54) is 0 Å². The lowest BCUT2D eigenvalue weighted by Crippen LogP contribution is -1.99. The Kier molecular flexibility index (Phi) is 5.73. The van der Waals surface area contributed by atoms with Gasteiger partial charge >= 0.3 is 0 Å². The second-order valence-electron chi connectivity index (χ2n) is 4.64. The van der Waals surface area contributed by atoms with Crippen molar-refractivity contribution >= 4 is 12.4 Å². The molecule has 0 atom stereocenters. The number of hydrogen-bond acceptors (Lipinski definition) is 2. The molecule has 0 N–H and O–H groups in total. The van der Waals surface area contributed by atoms with Crippen LogP contribution in [-0.4, -0.2) is 25.5 Å². The lowest BCUT2D eigenvalue weighted by atomic mass is 10.2. The molecule has 126 valence electrons. The van der Waals surface area contributed by atoms with Gasteiger partial charge in [0.1, 0.15) is 34.9 Å². The topological polar surface area (TPSA) is 24.7 Å². The molecule has 0 spiro atoms. The molecule has 0 aliphatic rings. The third-order valence-corrected chi connectivity index (χ3v) is 2.89. The van der Waals surface area contributed by atoms with Crippen molar-refractivity contribution in [3.05, 3.63) is 70.3 Å². The average Bonchev–Trinajstić information content (AvgIpc) is 2.46. The fraction of sp³-hybridized carbons (Fsp3) is 0.125. The third-order valence-electron chi connectivity index (χ3n) is 2.89. The Labute approximate surface area is 133 Å². The lowest BCUT2D eigenvalue weighted by Gasteiger charge is -2.00. The van der Waals surface area contributed by atoms with Crippen molar-refractivity contribution in [1.29, 1.82) is 0 Å². The maximum Gasteiger partial charge on any atom is 0.137 e. The van der Waals surface area contributed by atoms with Gasteiger partial charge in [0, 0.05) is 36.7 Å². The first-order chi connectivity index (χ1) is 11.4. The predicted molar refractivity (Wildman–Crippen MR) is 77.6 cm³/mol. The molecule has 0 unspecified atom stereocenters. The van der Waals surface area contributed by atoms with E-state index in [4.69, 9.17) is 0 Å². The van der Waals surface area contributed by atoms with E-state index in [1.807, 2.05) is 0 Å². The summed E-state index contributed by atoms with van der Waals surface area (Å²) in [6, 6.07) is 2.07. The van der Waals surface area contributed by atoms with Gasteiger partial charge in [0.2, 0.25) is 0 Å². The summed E-state index contributed by atoms with van der Waals surface area (Å²) in [5, 5.41) is 0. The van der Waals surface area contributed by atoms with E-state index in [2.05, 4.69) is 9.98 Å². The highest BCUT2D eigenvalue weighted by Crippen LogP contribution is 2.13. The van der Waals surface area contributed by atoms with Crippen LogP contribution < -0.4 is 0 Å². The number of rotatable bonds is 5. The molecule has 2 rings (SSSR count). The van der Waals surface area contributed by atoms with E-state index in [1.54, 1.807) is 0 Å². The van der Waals surface area contributed by atoms with Crippen LogP contribution in [0.4, 0.5) is 26.3 Å². The van der Waals surface area contributed by atoms with Crippen molar-refractivity contribution in [3.8, 4) is 0 Å². The molecule has 2 aromatic carbocycles. The Morgan fingerprint density at radius 2 is 0.875 bits per heavy atom. The summed E-state index contributed by atoms with van der Waals surface area (Å²) in [6.07, 6.45) is 1.75. The van der Waals surface area contributed by atoms with E-state index >= 15 is 0 Å². The molecule has 0 radical (unpaired) electrons. The lowest BCUT2D eigenvalue weighted by molar-refractivity contribution is 0.540. The molecule has 0 fully saturated rings. The van der Waals surface area contributed by atoms with Crippen LogP contribution in [0, 0.1) is 34.9 Å². The maximum atomic E-state index is 13.3. The van der Waals surface area contributed by atoms with Gasteiger partial charge in [0.25, 0.3) is 0 Å². The minimum atomic E-state index is -1.10. The Balaban J connectivity index is 1.96. The number of halogens is 6. The molecule has 8 heteroatoms. The van der Waals surface area contributed by atoms with Gasteiger partial charge in [-0.15, -0.1) is 0 Å². The Bertz CT molecular complexity index is 688. The molecular weight excluding hydrogens is 334 g/mol. The Hall–Kier alpha value is -2.64. The van der Waals surface area contributed by atoms with Gasteiger partial charge in [0.15, 0.2) is 0 Å². The van der Waals surface area contributed by atoms with Crippen LogP contribution in [0.15, 0.2) is 34.3 Å². The quantitative estimate of drug-likeness (QED) is 0.444. The Morgan fingerprint density at radius 3 is 1.17 bits per heavy atom. The van der Waals surface area contributed by atoms with Crippen molar-refractivity contribution in [2.75, 3.05) is 13.1 Å². The Morgan fingerprint density at radius 1 is 0.583 bits per heavy atom. The number of nitrogens with zero attached hydrogens (tertiary/aromatic N) is 2. The van der Waals surface area contributed by atoms with Crippen LogP contribution in [0.1, 0.15) is 11.1 Å². The zero-order valence-electron chi connectivity index (χ0n) is 12.0. The summed E-state index contributed by atoms with van der Waals surface area (Å²) >= 11 is 0. The zero-order chi connectivity index (χ0) is 17.7. The summed E-state index contributed by atoms with van der Waals surface area (Å²) < 4.78 is 78.7. The first kappa shape index (κ1) is 17.7. The number of hydrogen-bond donors (Lipinski definition) is 0. The molecule has 0 aliphatic heterocycles. The first-order valence-electron chi connectivity index (χ1n) is 6.67. The van der Waals surface area contributed by atoms with Crippen molar-refractivity contribution in [2.45, 2.75) is 0 Å². The van der Waals surface area contributed by atoms with Gasteiger partial charge in [-0.3, -0.25) is 9.98 Å². The summed E-state index contributed by atoms with van der Waals surface area (Å²) in [6.45, 7) is -0.0611. The minimum Gasteiger partial charge on any atom is -0.290 e. The smallest absolute Gasteiger partial charge is 0.137 e. The van der Waals surface area contributed by atoms with E-state index in [9.17, 15) is 26.3 Å². The molecule has 2 aromatic rings. The van der Waals surface area contributed by atoms with Gasteiger partial charge in [-0.05, 0) is 0 Å². The first-order valence-corrected chi connectivity index (χ1v) is 6.67. The van der Waals surface area contributed by atoms with Gasteiger partial charge in [-0.1, -0.05) is 0 Å². The minimum absolute atomic E-state index is 0.0306. The van der Waals surface area contributed by atoms with Crippen molar-refractivity contribution in [3.63, 3.8) is 0 Å². The van der Waals surface area contributed by atoms with Crippen LogP contribution in [0.25, 0.3) is 0 Å². The van der Waals surface area contributed by atoms with Gasteiger partial charge in [0.05, 0.1) is 24.2 Å². The summed E-state index contributed by atoms with van der Waals surface area (Å²) in [5.41, 5.74) is -1.01. The van der Waals surface area contributed by atoms with Crippen LogP contribution in [0.5, 0.6) is 0 Å². The fourth-order valence-electron chi connectivity index (χ4n) is 1.78. The molecule has 0 aliphatic carbocycles. The van der Waals surface area contributed by atoms with E-state index in [0.29, 0.717) is 24.3 Å². The normalized spacial score (nSPS) is 11.8. The van der Waals surface area contributed by atoms with E-state index < -0.39 is 46.0 Å². The predicted octanol–water partition coefficient (Wildman–Crippen LogP) is 4.06. The maximum absolute atomic E-state index is 13.3. The highest BCUT2D eigenvalue weighted by Gasteiger charge is 2.09. The van der Waals surface area contributed by atoms with Gasteiger partial charge in [-0.25, -0.2) is 26.3 Å². The molecule has 0 aromatic heterocycles. The highest BCUT2D eigenvalue weighted by atomic mass is 19.2. The standard InChI is InChI=1S/C16H10F6N2/c17-9-3-13(19)11(14(20)4-9)7-23-1-2-24-8-12-15(21)5-10(18)6-16(12)22/h3-8H,1-2H2. The molecular formula is C16H10F6N2. The molecule has 0 saturated carbocycles. The van der Waals surface area contributed by atoms with Crippen molar-refractivity contribution < 1.29 is 26.3 Å². The molecule has 24 heavy (non-hydrogen) atoms. The molecule has 0 amide bonds. The summed E-state index contributed by atoms with van der Waals surface area (Å²) in [7, 11) is 0. The number of benzene rings is 2. The second kappa shape index (κ2) is 7.76. The van der Waals surface area contributed by atoms with Crippen LogP contribution >= 0.6 is 0 Å². The highest BCUT2D eigenvalue weighted by molar-refractivity contribution is 5.81. The van der Waals surface area contributed by atoms with Gasteiger partial charge < -0.3 is 0 Å². The molecule has 2 nitrogen and oxygen atoms in total. The van der Waals surface area contributed by atoms with Crippen LogP contribution in [-0.2, 0) is 0 Å². The summed E-state index contributed by atoms with van der Waals surface area (Å²) in [4.78, 5) is 7.39. The largest absolute Gasteiger partial charge is 0.290 e. The monoisotopic (exact) mass is 344 g/mol. The average molecular weight is 344 g/mol. The molecule has 0 heterocycles. The van der Waals surface area contributed by atoms with Gasteiger partial charge in [-0.2, -0.15) is 0 Å². The zero-order valence-corrected chi connectivity index (χ0v) is 12.0. The summed E-state index contributed by atoms with van der Waals surface area (Å²) in [5.74, 6) is -6.50. The molecule has 0 bridgehead atoms.